The Morgan fingerprint density at radius 3 is 2.41 bits per heavy atom. The highest BCUT2D eigenvalue weighted by atomic mass is 16.5. The van der Waals surface area contributed by atoms with Gasteiger partial charge in [0.25, 0.3) is 0 Å². The number of carbonyl (C=O) groups is 1. The van der Waals surface area contributed by atoms with Gasteiger partial charge in [-0.1, -0.05) is 6.07 Å². The quantitative estimate of drug-likeness (QED) is 0.773. The summed E-state index contributed by atoms with van der Waals surface area (Å²) in [7, 11) is 1.27. The fourth-order valence-corrected chi connectivity index (χ4v) is 6.62. The summed E-state index contributed by atoms with van der Waals surface area (Å²) >= 11 is 0. The minimum Gasteiger partial charge on any atom is -0.506 e. The first-order valence-corrected chi connectivity index (χ1v) is 10.3. The Hall–Kier alpha value is -2.94. The number of methoxy groups -OCH3 is 1. The number of nitriles is 1. The number of phenols is 1. The number of aromatic hydroxyl groups is 1. The molecule has 4 saturated carbocycles. The van der Waals surface area contributed by atoms with Gasteiger partial charge in [0.1, 0.15) is 11.8 Å². The van der Waals surface area contributed by atoms with Crippen molar-refractivity contribution in [1.82, 2.24) is 4.57 Å². The standard InChI is InChI=1S/C23H25N3O3/c1-29-22(28)21-20(25)16(11-24)12-26(21)18-7-17(2-3-19(18)27)23-8-13-4-14(9-23)6-15(5-13)10-23/h2-3,7,12-15,27H,4-6,8-10,25H2,1H3. The molecule has 2 aromatic rings. The lowest BCUT2D eigenvalue weighted by Gasteiger charge is -2.57. The number of nitrogens with two attached hydrogens (primary N) is 1. The van der Waals surface area contributed by atoms with Gasteiger partial charge in [-0.25, -0.2) is 4.79 Å². The van der Waals surface area contributed by atoms with Crippen LogP contribution < -0.4 is 5.73 Å². The molecule has 6 heteroatoms. The second-order valence-electron chi connectivity index (χ2n) is 9.18. The number of hydrogen-bond acceptors (Lipinski definition) is 5. The average molecular weight is 391 g/mol. The predicted octanol–water partition coefficient (Wildman–Crippen LogP) is 3.89. The van der Waals surface area contributed by atoms with Crippen molar-refractivity contribution in [2.45, 2.75) is 43.9 Å². The maximum atomic E-state index is 12.4. The van der Waals surface area contributed by atoms with Crippen LogP contribution in [0.15, 0.2) is 24.4 Å². The number of rotatable bonds is 3. The lowest BCUT2D eigenvalue weighted by molar-refractivity contribution is -0.00520. The third-order valence-corrected chi connectivity index (χ3v) is 7.43. The summed E-state index contributed by atoms with van der Waals surface area (Å²) < 4.78 is 6.38. The summed E-state index contributed by atoms with van der Waals surface area (Å²) in [6.07, 6.45) is 9.17. The Labute approximate surface area is 169 Å². The van der Waals surface area contributed by atoms with Gasteiger partial charge in [-0.15, -0.1) is 0 Å². The zero-order valence-corrected chi connectivity index (χ0v) is 16.5. The van der Waals surface area contributed by atoms with E-state index in [-0.39, 0.29) is 28.1 Å². The molecule has 1 aromatic carbocycles. The monoisotopic (exact) mass is 391 g/mol. The first-order valence-electron chi connectivity index (χ1n) is 10.3. The van der Waals surface area contributed by atoms with Gasteiger partial charge in [-0.3, -0.25) is 0 Å². The lowest BCUT2D eigenvalue weighted by Crippen LogP contribution is -2.48. The van der Waals surface area contributed by atoms with Gasteiger partial charge in [0, 0.05) is 6.20 Å². The molecule has 1 heterocycles. The van der Waals surface area contributed by atoms with Crippen LogP contribution in [0.25, 0.3) is 5.69 Å². The van der Waals surface area contributed by atoms with Gasteiger partial charge in [0.05, 0.1) is 24.0 Å². The van der Waals surface area contributed by atoms with Gasteiger partial charge in [0.15, 0.2) is 5.69 Å². The van der Waals surface area contributed by atoms with E-state index >= 15 is 0 Å². The molecule has 6 rings (SSSR count). The highest BCUT2D eigenvalue weighted by Gasteiger charge is 2.51. The number of anilines is 1. The third-order valence-electron chi connectivity index (χ3n) is 7.43. The Kier molecular flexibility index (Phi) is 3.92. The summed E-state index contributed by atoms with van der Waals surface area (Å²) in [6.45, 7) is 0. The van der Waals surface area contributed by atoms with Crippen LogP contribution in [-0.2, 0) is 10.2 Å². The molecule has 4 fully saturated rings. The van der Waals surface area contributed by atoms with Crippen molar-refractivity contribution < 1.29 is 14.6 Å². The van der Waals surface area contributed by atoms with Crippen molar-refractivity contribution in [3.8, 4) is 17.5 Å². The van der Waals surface area contributed by atoms with Crippen LogP contribution in [0.4, 0.5) is 5.69 Å². The van der Waals surface area contributed by atoms with Crippen LogP contribution in [0.2, 0.25) is 0 Å². The van der Waals surface area contributed by atoms with Gasteiger partial charge < -0.3 is 20.1 Å². The first-order chi connectivity index (χ1) is 13.9. The number of benzene rings is 1. The van der Waals surface area contributed by atoms with Crippen LogP contribution in [0, 0.1) is 29.1 Å². The van der Waals surface area contributed by atoms with Crippen molar-refractivity contribution >= 4 is 11.7 Å². The highest BCUT2D eigenvalue weighted by Crippen LogP contribution is 2.61. The zero-order chi connectivity index (χ0) is 20.3. The predicted molar refractivity (Wildman–Crippen MR) is 108 cm³/mol. The van der Waals surface area contributed by atoms with E-state index in [2.05, 4.69) is 0 Å². The number of hydrogen-bond donors (Lipinski definition) is 2. The topological polar surface area (TPSA) is 101 Å². The molecule has 4 bridgehead atoms. The second-order valence-corrected chi connectivity index (χ2v) is 9.18. The summed E-state index contributed by atoms with van der Waals surface area (Å²) in [6, 6.07) is 7.72. The molecule has 0 saturated heterocycles. The van der Waals surface area contributed by atoms with E-state index in [4.69, 9.17) is 10.5 Å². The molecule has 4 aliphatic rings. The van der Waals surface area contributed by atoms with Crippen LogP contribution >= 0.6 is 0 Å². The van der Waals surface area contributed by atoms with Crippen LogP contribution in [0.1, 0.15) is 60.1 Å². The Morgan fingerprint density at radius 1 is 1.24 bits per heavy atom. The van der Waals surface area contributed by atoms with E-state index < -0.39 is 5.97 Å². The number of aromatic nitrogens is 1. The van der Waals surface area contributed by atoms with E-state index in [0.717, 1.165) is 17.8 Å². The molecule has 0 spiro atoms. The zero-order valence-electron chi connectivity index (χ0n) is 16.5. The second kappa shape index (κ2) is 6.28. The molecule has 4 aliphatic carbocycles. The fourth-order valence-electron chi connectivity index (χ4n) is 6.62. The van der Waals surface area contributed by atoms with Crippen LogP contribution in [0.3, 0.4) is 0 Å². The van der Waals surface area contributed by atoms with E-state index in [0.29, 0.717) is 5.69 Å². The summed E-state index contributed by atoms with van der Waals surface area (Å²) in [4.78, 5) is 12.4. The third kappa shape index (κ3) is 2.64. The van der Waals surface area contributed by atoms with Crippen LogP contribution in [-0.4, -0.2) is 22.8 Å². The Bertz CT molecular complexity index is 1010. The van der Waals surface area contributed by atoms with Crippen molar-refractivity contribution in [2.24, 2.45) is 17.8 Å². The number of phenolic OH excluding ortho intramolecular Hbond substituents is 1. The van der Waals surface area contributed by atoms with E-state index in [1.165, 1.54) is 62.0 Å². The molecule has 0 aliphatic heterocycles. The number of nitrogens with zero attached hydrogens (tertiary/aromatic N) is 2. The maximum absolute atomic E-state index is 12.4. The SMILES string of the molecule is COC(=O)c1c(N)c(C#N)cn1-c1cc(C23CC4CC(CC(C4)C2)C3)ccc1O. The molecule has 0 amide bonds. The molecule has 6 nitrogen and oxygen atoms in total. The van der Waals surface area contributed by atoms with E-state index in [1.54, 1.807) is 6.07 Å². The first kappa shape index (κ1) is 18.1. The molecular formula is C23H25N3O3. The maximum Gasteiger partial charge on any atom is 0.357 e. The van der Waals surface area contributed by atoms with Gasteiger partial charge >= 0.3 is 5.97 Å². The van der Waals surface area contributed by atoms with Crippen molar-refractivity contribution in [3.05, 3.63) is 41.2 Å². The molecule has 1 aromatic heterocycles. The molecule has 29 heavy (non-hydrogen) atoms. The van der Waals surface area contributed by atoms with Crippen LogP contribution in [0.5, 0.6) is 5.75 Å². The summed E-state index contributed by atoms with van der Waals surface area (Å²) in [5.74, 6) is 1.82. The summed E-state index contributed by atoms with van der Waals surface area (Å²) in [5.41, 5.74) is 8.19. The number of ether oxygens (including phenoxy) is 1. The molecule has 150 valence electrons. The van der Waals surface area contributed by atoms with Gasteiger partial charge in [-0.2, -0.15) is 5.26 Å². The Balaban J connectivity index is 1.64. The molecule has 3 N–H and O–H groups in total. The molecule has 0 radical (unpaired) electrons. The minimum absolute atomic E-state index is 0.0446. The average Bonchev–Trinajstić information content (AvgIpc) is 3.02. The van der Waals surface area contributed by atoms with Crippen molar-refractivity contribution in [3.63, 3.8) is 0 Å². The van der Waals surface area contributed by atoms with Gasteiger partial charge in [0.2, 0.25) is 0 Å². The lowest BCUT2D eigenvalue weighted by atomic mass is 9.48. The normalized spacial score (nSPS) is 29.6. The fraction of sp³-hybridized carbons (Fsp3) is 0.478. The minimum atomic E-state index is -0.636. The number of esters is 1. The summed E-state index contributed by atoms with van der Waals surface area (Å²) in [5, 5.41) is 20.0. The number of nitrogen functional groups attached to an aromatic ring is 1. The largest absolute Gasteiger partial charge is 0.506 e. The van der Waals surface area contributed by atoms with Crippen molar-refractivity contribution in [2.75, 3.05) is 12.8 Å². The van der Waals surface area contributed by atoms with Crippen molar-refractivity contribution in [1.29, 1.82) is 5.26 Å². The smallest absolute Gasteiger partial charge is 0.357 e. The molecule has 0 unspecified atom stereocenters. The molecule has 0 atom stereocenters. The van der Waals surface area contributed by atoms with E-state index in [9.17, 15) is 15.2 Å². The molecular weight excluding hydrogens is 366 g/mol. The highest BCUT2D eigenvalue weighted by molar-refractivity contribution is 5.96. The number of carbonyl (C=O) groups excluding carboxylic acids is 1. The van der Waals surface area contributed by atoms with E-state index in [1.807, 2.05) is 18.2 Å². The Morgan fingerprint density at radius 2 is 1.86 bits per heavy atom. The van der Waals surface area contributed by atoms with Gasteiger partial charge in [-0.05, 0) is 79.4 Å².